The zero-order chi connectivity index (χ0) is 21.4. The normalized spacial score (nSPS) is 16.3. The molecule has 2 aliphatic rings. The first-order valence-electron chi connectivity index (χ1n) is 9.26. The van der Waals surface area contributed by atoms with E-state index in [1.807, 2.05) is 0 Å². The number of halogens is 4. The van der Waals surface area contributed by atoms with Crippen LogP contribution in [0.3, 0.4) is 0 Å². The van der Waals surface area contributed by atoms with E-state index in [9.17, 15) is 27.2 Å². The van der Waals surface area contributed by atoms with Crippen molar-refractivity contribution in [3.05, 3.63) is 64.2 Å². The zero-order valence-electron chi connectivity index (χ0n) is 15.7. The molecule has 5 nitrogen and oxygen atoms in total. The number of benzene rings is 2. The minimum Gasteiger partial charge on any atom is -0.485 e. The van der Waals surface area contributed by atoms with Gasteiger partial charge in [0.1, 0.15) is 24.0 Å². The Balaban J connectivity index is 1.34. The number of hydrogen-bond acceptors (Lipinski definition) is 4. The average molecular weight is 423 g/mol. The quantitative estimate of drug-likeness (QED) is 0.692. The van der Waals surface area contributed by atoms with Crippen LogP contribution in [0.4, 0.5) is 17.6 Å². The van der Waals surface area contributed by atoms with Gasteiger partial charge < -0.3 is 14.4 Å². The number of likely N-dealkylation sites (tertiary alicyclic amines) is 1. The van der Waals surface area contributed by atoms with Crippen LogP contribution in [0.1, 0.15) is 33.5 Å². The van der Waals surface area contributed by atoms with E-state index in [1.54, 1.807) is 0 Å². The number of fused-ring (bicyclic) bond motifs is 1. The Bertz CT molecular complexity index is 1000. The number of alkyl halides is 2. The van der Waals surface area contributed by atoms with Crippen LogP contribution in [-0.4, -0.2) is 42.4 Å². The van der Waals surface area contributed by atoms with Gasteiger partial charge in [0.15, 0.2) is 5.78 Å². The van der Waals surface area contributed by atoms with E-state index in [0.29, 0.717) is 5.56 Å². The molecule has 1 saturated heterocycles. The van der Waals surface area contributed by atoms with Crippen LogP contribution in [-0.2, 0) is 22.6 Å². The Morgan fingerprint density at radius 1 is 1.17 bits per heavy atom. The minimum atomic E-state index is -2.76. The van der Waals surface area contributed by atoms with E-state index in [4.69, 9.17) is 9.47 Å². The lowest BCUT2D eigenvalue weighted by Gasteiger charge is -2.39. The van der Waals surface area contributed by atoms with Gasteiger partial charge in [0.2, 0.25) is 0 Å². The molecule has 0 spiro atoms. The SMILES string of the molecule is O=C1COc2cc(F)c(C(=O)N3CC(OCc4ccc(C(F)F)cc4F)C3)cc2C1. The first-order chi connectivity index (χ1) is 14.3. The molecule has 158 valence electrons. The van der Waals surface area contributed by atoms with Crippen LogP contribution in [0, 0.1) is 11.6 Å². The summed E-state index contributed by atoms with van der Waals surface area (Å²) < 4.78 is 64.0. The molecule has 9 heteroatoms. The Kier molecular flexibility index (Phi) is 5.46. The van der Waals surface area contributed by atoms with Crippen molar-refractivity contribution in [1.82, 2.24) is 4.90 Å². The molecule has 0 unspecified atom stereocenters. The van der Waals surface area contributed by atoms with E-state index in [0.717, 1.165) is 18.2 Å². The minimum absolute atomic E-state index is 0.0809. The molecule has 0 N–H and O–H groups in total. The van der Waals surface area contributed by atoms with Gasteiger partial charge in [-0.1, -0.05) is 12.1 Å². The molecule has 0 aromatic heterocycles. The number of Topliss-reactive ketones (excluding diaryl/α,β-unsaturated/α-hetero) is 1. The first kappa shape index (κ1) is 20.3. The molecule has 0 atom stereocenters. The summed E-state index contributed by atoms with van der Waals surface area (Å²) in [6, 6.07) is 5.58. The van der Waals surface area contributed by atoms with Gasteiger partial charge in [-0.3, -0.25) is 9.59 Å². The molecule has 2 heterocycles. The lowest BCUT2D eigenvalue weighted by atomic mass is 10.0. The molecule has 2 aromatic carbocycles. The van der Waals surface area contributed by atoms with Crippen molar-refractivity contribution in [3.8, 4) is 5.75 Å². The van der Waals surface area contributed by atoms with Gasteiger partial charge in [-0.25, -0.2) is 17.6 Å². The fraction of sp³-hybridized carbons (Fsp3) is 0.333. The fourth-order valence-electron chi connectivity index (χ4n) is 3.36. The first-order valence-corrected chi connectivity index (χ1v) is 9.26. The molecule has 0 saturated carbocycles. The van der Waals surface area contributed by atoms with Crippen molar-refractivity contribution in [2.75, 3.05) is 19.7 Å². The Morgan fingerprint density at radius 3 is 2.63 bits per heavy atom. The van der Waals surface area contributed by atoms with Gasteiger partial charge in [0.05, 0.1) is 18.3 Å². The zero-order valence-corrected chi connectivity index (χ0v) is 15.7. The molecule has 30 heavy (non-hydrogen) atoms. The Hall–Kier alpha value is -2.94. The number of carbonyl (C=O) groups is 2. The average Bonchev–Trinajstić information content (AvgIpc) is 2.67. The molecule has 0 bridgehead atoms. The van der Waals surface area contributed by atoms with Gasteiger partial charge in [-0.2, -0.15) is 0 Å². The number of amides is 1. The van der Waals surface area contributed by atoms with E-state index in [1.165, 1.54) is 17.0 Å². The Labute approximate surface area is 169 Å². The van der Waals surface area contributed by atoms with Crippen LogP contribution >= 0.6 is 0 Å². The van der Waals surface area contributed by atoms with Gasteiger partial charge >= 0.3 is 0 Å². The van der Waals surface area contributed by atoms with Crippen molar-refractivity contribution in [2.45, 2.75) is 25.6 Å². The van der Waals surface area contributed by atoms with Gasteiger partial charge in [-0.15, -0.1) is 0 Å². The summed E-state index contributed by atoms with van der Waals surface area (Å²) in [7, 11) is 0. The van der Waals surface area contributed by atoms with Gasteiger partial charge in [-0.05, 0) is 12.1 Å². The summed E-state index contributed by atoms with van der Waals surface area (Å²) in [4.78, 5) is 25.4. The number of ether oxygens (including phenoxy) is 2. The second-order valence-corrected chi connectivity index (χ2v) is 7.24. The van der Waals surface area contributed by atoms with E-state index in [2.05, 4.69) is 0 Å². The van der Waals surface area contributed by atoms with E-state index >= 15 is 0 Å². The molecule has 0 aliphatic carbocycles. The monoisotopic (exact) mass is 423 g/mol. The topological polar surface area (TPSA) is 55.8 Å². The third kappa shape index (κ3) is 4.02. The Morgan fingerprint density at radius 2 is 1.93 bits per heavy atom. The lowest BCUT2D eigenvalue weighted by Crippen LogP contribution is -2.54. The second kappa shape index (κ2) is 8.06. The highest BCUT2D eigenvalue weighted by Gasteiger charge is 2.34. The summed E-state index contributed by atoms with van der Waals surface area (Å²) in [5.41, 5.74) is 0.0385. The van der Waals surface area contributed by atoms with Crippen molar-refractivity contribution in [2.24, 2.45) is 0 Å². The van der Waals surface area contributed by atoms with Crippen molar-refractivity contribution in [1.29, 1.82) is 0 Å². The number of ketones is 1. The molecule has 1 fully saturated rings. The maximum Gasteiger partial charge on any atom is 0.263 e. The van der Waals surface area contributed by atoms with Gasteiger partial charge in [0.25, 0.3) is 12.3 Å². The second-order valence-electron chi connectivity index (χ2n) is 7.24. The number of hydrogen-bond donors (Lipinski definition) is 0. The highest BCUT2D eigenvalue weighted by atomic mass is 19.3. The van der Waals surface area contributed by atoms with Crippen LogP contribution < -0.4 is 4.74 Å². The van der Waals surface area contributed by atoms with Crippen LogP contribution in [0.5, 0.6) is 5.75 Å². The summed E-state index contributed by atoms with van der Waals surface area (Å²) in [6.45, 7) is 0.119. The van der Waals surface area contributed by atoms with Crippen molar-refractivity contribution in [3.63, 3.8) is 0 Å². The summed E-state index contributed by atoms with van der Waals surface area (Å²) in [5.74, 6) is -1.96. The molecule has 2 aromatic rings. The van der Waals surface area contributed by atoms with E-state index in [-0.39, 0.29) is 61.5 Å². The number of carbonyl (C=O) groups excluding carboxylic acids is 2. The predicted octanol–water partition coefficient (Wildman–Crippen LogP) is 3.45. The maximum absolute atomic E-state index is 14.3. The lowest BCUT2D eigenvalue weighted by molar-refractivity contribution is -0.121. The number of nitrogens with zero attached hydrogens (tertiary/aromatic N) is 1. The van der Waals surface area contributed by atoms with Crippen LogP contribution in [0.25, 0.3) is 0 Å². The van der Waals surface area contributed by atoms with Crippen LogP contribution in [0.2, 0.25) is 0 Å². The number of rotatable bonds is 5. The summed E-state index contributed by atoms with van der Waals surface area (Å²) in [5, 5.41) is 0. The maximum atomic E-state index is 14.3. The molecule has 2 aliphatic heterocycles. The third-order valence-electron chi connectivity index (χ3n) is 5.10. The van der Waals surface area contributed by atoms with Gasteiger partial charge in [0, 0.05) is 42.3 Å². The van der Waals surface area contributed by atoms with Crippen molar-refractivity contribution >= 4 is 11.7 Å². The molecule has 4 rings (SSSR count). The largest absolute Gasteiger partial charge is 0.485 e. The highest BCUT2D eigenvalue weighted by molar-refractivity contribution is 5.96. The van der Waals surface area contributed by atoms with E-state index < -0.39 is 29.5 Å². The molecular weight excluding hydrogens is 406 g/mol. The molecule has 1 amide bonds. The molecular formula is C21H17F4NO4. The van der Waals surface area contributed by atoms with Crippen molar-refractivity contribution < 1.29 is 36.6 Å². The standard InChI is InChI=1S/C21H17F4NO4/c22-17-5-11(20(24)25)1-2-12(17)9-29-15-7-26(8-15)21(28)16-4-13-3-14(27)10-30-19(13)6-18(16)23/h1-2,4-6,15,20H,3,7-10H2. The smallest absolute Gasteiger partial charge is 0.263 e. The third-order valence-corrected chi connectivity index (χ3v) is 5.10. The fourth-order valence-corrected chi connectivity index (χ4v) is 3.36. The highest BCUT2D eigenvalue weighted by Crippen LogP contribution is 2.29. The predicted molar refractivity (Wildman–Crippen MR) is 96.4 cm³/mol. The summed E-state index contributed by atoms with van der Waals surface area (Å²) >= 11 is 0. The summed E-state index contributed by atoms with van der Waals surface area (Å²) in [6.07, 6.45) is -3.06. The van der Waals surface area contributed by atoms with Crippen LogP contribution in [0.15, 0.2) is 30.3 Å². The molecule has 0 radical (unpaired) electrons.